The summed E-state index contributed by atoms with van der Waals surface area (Å²) in [4.78, 5) is 27.7. The zero-order valence-corrected chi connectivity index (χ0v) is 24.5. The maximum atomic E-state index is 14.7. The van der Waals surface area contributed by atoms with Gasteiger partial charge >= 0.3 is 31.0 Å². The minimum Gasteiger partial charge on any atom is -0.494 e. The van der Waals surface area contributed by atoms with E-state index in [4.69, 9.17) is 4.74 Å². The van der Waals surface area contributed by atoms with E-state index in [2.05, 4.69) is 9.47 Å². The topological polar surface area (TPSA) is 77.1 Å². The lowest BCUT2D eigenvalue weighted by atomic mass is 9.92. The number of alkyl halides is 12. The van der Waals surface area contributed by atoms with Gasteiger partial charge in [0.2, 0.25) is 0 Å². The zero-order chi connectivity index (χ0) is 36.4. The maximum absolute atomic E-state index is 14.7. The van der Waals surface area contributed by atoms with Crippen LogP contribution in [-0.4, -0.2) is 50.8 Å². The molecule has 0 saturated heterocycles. The van der Waals surface area contributed by atoms with E-state index in [-0.39, 0.29) is 24.4 Å². The minimum atomic E-state index is -6.60. The van der Waals surface area contributed by atoms with Gasteiger partial charge in [-0.2, -0.15) is 35.1 Å². The first-order chi connectivity index (χ1) is 22.1. The van der Waals surface area contributed by atoms with Gasteiger partial charge in [0, 0.05) is 12.1 Å². The van der Waals surface area contributed by atoms with Crippen molar-refractivity contribution >= 4 is 23.2 Å². The van der Waals surface area contributed by atoms with Gasteiger partial charge in [-0.25, -0.2) is 4.39 Å². The second kappa shape index (κ2) is 13.7. The molecule has 1 N–H and O–H groups in total. The third kappa shape index (κ3) is 7.65. The molecular formula is C29H22F12N2O5. The summed E-state index contributed by atoms with van der Waals surface area (Å²) in [6.45, 7) is -1.93. The maximum Gasteiger partial charge on any atom is 0.573 e. The first-order valence-electron chi connectivity index (χ1n) is 13.1. The molecule has 0 aromatic heterocycles. The van der Waals surface area contributed by atoms with Crippen LogP contribution in [0.15, 0.2) is 54.6 Å². The van der Waals surface area contributed by atoms with Gasteiger partial charge in [-0.05, 0) is 55.8 Å². The van der Waals surface area contributed by atoms with Crippen molar-refractivity contribution < 1.29 is 76.5 Å². The summed E-state index contributed by atoms with van der Waals surface area (Å²) in [5.41, 5.74) is -11.1. The fraction of sp³-hybridized carbons (Fsp3) is 0.310. The number of amides is 2. The molecule has 0 saturated carbocycles. The molecule has 3 aromatic rings. The Morgan fingerprint density at radius 2 is 1.42 bits per heavy atom. The van der Waals surface area contributed by atoms with Gasteiger partial charge in [-0.1, -0.05) is 18.2 Å². The van der Waals surface area contributed by atoms with Crippen molar-refractivity contribution in [3.05, 3.63) is 76.9 Å². The molecule has 48 heavy (non-hydrogen) atoms. The minimum absolute atomic E-state index is 0.0283. The molecule has 0 atom stereocenters. The molecule has 0 spiro atoms. The molecule has 7 nitrogen and oxygen atoms in total. The molecule has 0 unspecified atom stereocenters. The number of benzene rings is 3. The third-order valence-electron chi connectivity index (χ3n) is 6.57. The van der Waals surface area contributed by atoms with Crippen LogP contribution >= 0.6 is 0 Å². The molecule has 3 aromatic carbocycles. The van der Waals surface area contributed by atoms with Gasteiger partial charge in [0.25, 0.3) is 11.8 Å². The summed E-state index contributed by atoms with van der Waals surface area (Å²) in [7, 11) is 1.01. The Kier molecular flexibility index (Phi) is 10.7. The second-order valence-electron chi connectivity index (χ2n) is 9.60. The van der Waals surface area contributed by atoms with Gasteiger partial charge in [0.05, 0.1) is 29.6 Å². The second-order valence-corrected chi connectivity index (χ2v) is 9.60. The number of hydrogen-bond acceptors (Lipinski definition) is 5. The van der Waals surface area contributed by atoms with E-state index in [0.717, 1.165) is 43.2 Å². The number of nitrogens with zero attached hydrogens (tertiary/aromatic N) is 1. The van der Waals surface area contributed by atoms with Crippen LogP contribution < -0.4 is 24.4 Å². The van der Waals surface area contributed by atoms with Crippen LogP contribution in [0.4, 0.5) is 64.1 Å². The van der Waals surface area contributed by atoms with E-state index in [0.29, 0.717) is 0 Å². The summed E-state index contributed by atoms with van der Waals surface area (Å²) >= 11 is 0. The van der Waals surface area contributed by atoms with E-state index in [1.165, 1.54) is 25.1 Å². The number of anilines is 2. The Bertz CT molecular complexity index is 1640. The summed E-state index contributed by atoms with van der Waals surface area (Å²) < 4.78 is 174. The lowest BCUT2D eigenvalue weighted by Gasteiger charge is -2.31. The lowest BCUT2D eigenvalue weighted by Crippen LogP contribution is -2.50. The number of ether oxygens (including phenoxy) is 3. The largest absolute Gasteiger partial charge is 0.573 e. The van der Waals surface area contributed by atoms with Crippen molar-refractivity contribution in [1.82, 2.24) is 0 Å². The van der Waals surface area contributed by atoms with Crippen molar-refractivity contribution in [2.24, 2.45) is 0 Å². The summed E-state index contributed by atoms with van der Waals surface area (Å²) in [5, 5.41) is 2.00. The number of hydrogen-bond donors (Lipinski definition) is 1. The number of aryl methyl sites for hydroxylation is 1. The van der Waals surface area contributed by atoms with Crippen LogP contribution in [0.2, 0.25) is 0 Å². The van der Waals surface area contributed by atoms with Crippen LogP contribution in [0, 0.1) is 6.92 Å². The van der Waals surface area contributed by atoms with Gasteiger partial charge in [0.1, 0.15) is 11.5 Å². The number of halogens is 12. The van der Waals surface area contributed by atoms with E-state index in [9.17, 15) is 62.3 Å². The Balaban J connectivity index is 2.12. The Hall–Kier alpha value is -4.84. The Morgan fingerprint density at radius 1 is 0.833 bits per heavy atom. The fourth-order valence-corrected chi connectivity index (χ4v) is 4.53. The van der Waals surface area contributed by atoms with Crippen molar-refractivity contribution in [1.29, 1.82) is 0 Å². The summed E-state index contributed by atoms with van der Waals surface area (Å²) in [6, 6.07) is 7.47. The monoisotopic (exact) mass is 706 g/mol. The predicted octanol–water partition coefficient (Wildman–Crippen LogP) is 8.71. The van der Waals surface area contributed by atoms with Gasteiger partial charge in [-0.15, -0.1) is 13.2 Å². The zero-order valence-electron chi connectivity index (χ0n) is 24.5. The fourth-order valence-electron chi connectivity index (χ4n) is 4.53. The summed E-state index contributed by atoms with van der Waals surface area (Å²) in [6.07, 6.45) is -18.4. The van der Waals surface area contributed by atoms with Gasteiger partial charge in [-0.3, -0.25) is 9.59 Å². The number of methoxy groups -OCH3 is 1. The van der Waals surface area contributed by atoms with E-state index < -0.39 is 88.0 Å². The standard InChI is InChI=1S/C29H22F12N2O5/c1-4-43(24(45)16-8-5-6-11-19(16)48-29(39,40)41)18-10-7-9-17(22(18)46-3)23(44)42-21-14(2)12-15(13-20(21)47-25(30)31)26(32,27(33,34)35)28(36,37)38/h5-13,25H,4H2,1-3H3,(H,42,44). The predicted molar refractivity (Wildman–Crippen MR) is 144 cm³/mol. The van der Waals surface area contributed by atoms with Crippen LogP contribution in [-0.2, 0) is 5.67 Å². The number of carbonyl (C=O) groups excluding carboxylic acids is 2. The van der Waals surface area contributed by atoms with Crippen LogP contribution in [0.25, 0.3) is 0 Å². The van der Waals surface area contributed by atoms with Gasteiger partial charge < -0.3 is 24.4 Å². The molecule has 19 heteroatoms. The smallest absolute Gasteiger partial charge is 0.494 e. The summed E-state index contributed by atoms with van der Waals surface area (Å²) in [5.74, 6) is -5.12. The van der Waals surface area contributed by atoms with E-state index in [1.54, 1.807) is 0 Å². The van der Waals surface area contributed by atoms with Crippen LogP contribution in [0.5, 0.6) is 17.2 Å². The van der Waals surface area contributed by atoms with Crippen molar-refractivity contribution in [2.75, 3.05) is 23.9 Å². The molecule has 0 bridgehead atoms. The average molecular weight is 706 g/mol. The highest BCUT2D eigenvalue weighted by molar-refractivity contribution is 6.12. The molecule has 0 aliphatic carbocycles. The highest BCUT2D eigenvalue weighted by Gasteiger charge is 2.73. The number of para-hydroxylation sites is 2. The average Bonchev–Trinajstić information content (AvgIpc) is 2.96. The molecule has 0 fully saturated rings. The van der Waals surface area contributed by atoms with Crippen LogP contribution in [0.1, 0.15) is 38.8 Å². The normalized spacial score (nSPS) is 12.5. The van der Waals surface area contributed by atoms with E-state index in [1.807, 2.05) is 5.32 Å². The molecule has 0 aliphatic rings. The van der Waals surface area contributed by atoms with Crippen molar-refractivity contribution in [2.45, 2.75) is 44.8 Å². The Labute approximate surface area is 263 Å². The van der Waals surface area contributed by atoms with Gasteiger partial charge in [0.15, 0.2) is 5.75 Å². The number of rotatable bonds is 10. The van der Waals surface area contributed by atoms with E-state index >= 15 is 0 Å². The number of carbonyl (C=O) groups is 2. The first kappa shape index (κ1) is 37.6. The SMILES string of the molecule is CCN(C(=O)c1ccccc1OC(F)(F)F)c1cccc(C(=O)Nc2c(C)cc(C(F)(C(F)(F)F)C(F)(F)F)cc2OC(F)F)c1OC. The lowest BCUT2D eigenvalue weighted by molar-refractivity contribution is -0.348. The quantitative estimate of drug-likeness (QED) is 0.214. The highest BCUT2D eigenvalue weighted by atomic mass is 19.4. The molecule has 2 amide bonds. The molecule has 0 heterocycles. The number of nitrogens with one attached hydrogen (secondary N) is 1. The molecule has 262 valence electrons. The van der Waals surface area contributed by atoms with Crippen LogP contribution in [0.3, 0.4) is 0 Å². The Morgan fingerprint density at radius 3 is 1.94 bits per heavy atom. The molecule has 3 rings (SSSR count). The highest BCUT2D eigenvalue weighted by Crippen LogP contribution is 2.54. The molecular weight excluding hydrogens is 684 g/mol. The van der Waals surface area contributed by atoms with Crippen molar-refractivity contribution in [3.63, 3.8) is 0 Å². The third-order valence-corrected chi connectivity index (χ3v) is 6.57. The molecule has 0 radical (unpaired) electrons. The first-order valence-corrected chi connectivity index (χ1v) is 13.1. The van der Waals surface area contributed by atoms with Crippen molar-refractivity contribution in [3.8, 4) is 17.2 Å². The molecule has 0 aliphatic heterocycles.